The molecule has 0 bridgehead atoms. The topological polar surface area (TPSA) is 57.6 Å². The van der Waals surface area contributed by atoms with Crippen molar-refractivity contribution in [3.8, 4) is 0 Å². The van der Waals surface area contributed by atoms with Crippen LogP contribution in [0.25, 0.3) is 0 Å². The Bertz CT molecular complexity index is 541. The van der Waals surface area contributed by atoms with Gasteiger partial charge in [0, 0.05) is 13.1 Å². The molecule has 4 heteroatoms. The Morgan fingerprint density at radius 1 is 1.33 bits per heavy atom. The van der Waals surface area contributed by atoms with Gasteiger partial charge in [0.15, 0.2) is 0 Å². The van der Waals surface area contributed by atoms with E-state index in [9.17, 15) is 14.7 Å². The number of amides is 1. The van der Waals surface area contributed by atoms with Crippen LogP contribution in [0, 0.1) is 12.3 Å². The van der Waals surface area contributed by atoms with Gasteiger partial charge in [0.25, 0.3) is 0 Å². The van der Waals surface area contributed by atoms with Gasteiger partial charge in [0.2, 0.25) is 5.91 Å². The second-order valence-corrected chi connectivity index (χ2v) is 6.00. The maximum Gasteiger partial charge on any atom is 0.311 e. The van der Waals surface area contributed by atoms with Crippen molar-refractivity contribution >= 4 is 11.9 Å². The lowest BCUT2D eigenvalue weighted by molar-refractivity contribution is -0.149. The van der Waals surface area contributed by atoms with Crippen LogP contribution < -0.4 is 0 Å². The van der Waals surface area contributed by atoms with Crippen molar-refractivity contribution in [1.82, 2.24) is 4.90 Å². The minimum Gasteiger partial charge on any atom is -0.481 e. The molecule has 1 heterocycles. The Morgan fingerprint density at radius 3 is 2.67 bits per heavy atom. The largest absolute Gasteiger partial charge is 0.481 e. The summed E-state index contributed by atoms with van der Waals surface area (Å²) in [6, 6.07) is 7.83. The predicted octanol–water partition coefficient (Wildman–Crippen LogP) is 2.64. The van der Waals surface area contributed by atoms with Gasteiger partial charge in [0.05, 0.1) is 11.8 Å². The molecule has 1 unspecified atom stereocenters. The Kier molecular flexibility index (Phi) is 4.66. The predicted molar refractivity (Wildman–Crippen MR) is 81.1 cm³/mol. The van der Waals surface area contributed by atoms with Crippen LogP contribution in [0.2, 0.25) is 0 Å². The maximum absolute atomic E-state index is 12.4. The zero-order valence-electron chi connectivity index (χ0n) is 12.8. The highest BCUT2D eigenvalue weighted by Crippen LogP contribution is 2.35. The lowest BCUT2D eigenvalue weighted by Gasteiger charge is -2.24. The van der Waals surface area contributed by atoms with E-state index in [1.807, 2.05) is 38.1 Å². The number of carboxylic acids is 1. The molecule has 0 aliphatic carbocycles. The smallest absolute Gasteiger partial charge is 0.311 e. The molecule has 2 rings (SSSR count). The number of aryl methyl sites for hydroxylation is 1. The second kappa shape index (κ2) is 6.29. The summed E-state index contributed by atoms with van der Waals surface area (Å²) in [5, 5.41) is 9.49. The number of likely N-dealkylation sites (tertiary alicyclic amines) is 1. The summed E-state index contributed by atoms with van der Waals surface area (Å²) in [7, 11) is 0. The van der Waals surface area contributed by atoms with Gasteiger partial charge in [-0.3, -0.25) is 9.59 Å². The molecule has 1 fully saturated rings. The van der Waals surface area contributed by atoms with Crippen LogP contribution in [0.5, 0.6) is 0 Å². The minimum absolute atomic E-state index is 0.0310. The van der Waals surface area contributed by atoms with Crippen LogP contribution in [0.15, 0.2) is 24.3 Å². The molecule has 0 radical (unpaired) electrons. The highest BCUT2D eigenvalue weighted by molar-refractivity contribution is 5.82. The summed E-state index contributed by atoms with van der Waals surface area (Å²) in [5.41, 5.74) is 1.38. The van der Waals surface area contributed by atoms with Crippen LogP contribution in [0.1, 0.15) is 37.3 Å². The number of aliphatic carboxylic acids is 1. The fourth-order valence-corrected chi connectivity index (χ4v) is 3.13. The third-order valence-corrected chi connectivity index (χ3v) is 4.49. The summed E-state index contributed by atoms with van der Waals surface area (Å²) in [6.07, 6.45) is 2.38. The van der Waals surface area contributed by atoms with E-state index < -0.39 is 11.4 Å². The first-order valence-electron chi connectivity index (χ1n) is 7.54. The molecule has 1 atom stereocenters. The first-order chi connectivity index (χ1) is 9.98. The van der Waals surface area contributed by atoms with Crippen LogP contribution >= 0.6 is 0 Å². The number of nitrogens with zero attached hydrogens (tertiary/aromatic N) is 1. The number of hydrogen-bond donors (Lipinski definition) is 1. The van der Waals surface area contributed by atoms with E-state index in [0.29, 0.717) is 32.4 Å². The Morgan fingerprint density at radius 2 is 2.05 bits per heavy atom. The highest BCUT2D eigenvalue weighted by atomic mass is 16.4. The van der Waals surface area contributed by atoms with Crippen molar-refractivity contribution in [3.05, 3.63) is 35.4 Å². The van der Waals surface area contributed by atoms with E-state index in [-0.39, 0.29) is 5.91 Å². The van der Waals surface area contributed by atoms with Crippen molar-refractivity contribution in [2.24, 2.45) is 5.41 Å². The molecular weight excluding hydrogens is 266 g/mol. The number of rotatable bonds is 5. The van der Waals surface area contributed by atoms with Gasteiger partial charge in [0.1, 0.15) is 0 Å². The van der Waals surface area contributed by atoms with Crippen LogP contribution in [-0.4, -0.2) is 35.0 Å². The Balaban J connectivity index is 2.05. The molecule has 1 aliphatic rings. The summed E-state index contributed by atoms with van der Waals surface area (Å²) in [6.45, 7) is 4.88. The standard InChI is InChI=1S/C17H23NO3/c1-3-8-17(16(20)21)9-10-18(12-17)15(19)11-14-7-5-4-6-13(14)2/h4-7H,3,8-12H2,1-2H3,(H,20,21). The molecule has 4 nitrogen and oxygen atoms in total. The summed E-state index contributed by atoms with van der Waals surface area (Å²) in [5.74, 6) is -0.737. The number of carboxylic acid groups (broad SMARTS) is 1. The van der Waals surface area contributed by atoms with Crippen molar-refractivity contribution in [3.63, 3.8) is 0 Å². The van der Waals surface area contributed by atoms with Crippen molar-refractivity contribution in [2.75, 3.05) is 13.1 Å². The number of carbonyl (C=O) groups is 2. The van der Waals surface area contributed by atoms with Crippen LogP contribution in [0.4, 0.5) is 0 Å². The van der Waals surface area contributed by atoms with E-state index in [1.165, 1.54) is 0 Å². The fraction of sp³-hybridized carbons (Fsp3) is 0.529. The summed E-state index contributed by atoms with van der Waals surface area (Å²) in [4.78, 5) is 25.7. The fourth-order valence-electron chi connectivity index (χ4n) is 3.13. The molecule has 1 saturated heterocycles. The van der Waals surface area contributed by atoms with E-state index in [1.54, 1.807) is 4.90 Å². The molecule has 21 heavy (non-hydrogen) atoms. The Hall–Kier alpha value is -1.84. The molecule has 0 aromatic heterocycles. The van der Waals surface area contributed by atoms with Gasteiger partial charge in [-0.15, -0.1) is 0 Å². The van der Waals surface area contributed by atoms with Crippen LogP contribution in [0.3, 0.4) is 0 Å². The first kappa shape index (κ1) is 15.5. The molecule has 0 spiro atoms. The van der Waals surface area contributed by atoms with E-state index >= 15 is 0 Å². The first-order valence-corrected chi connectivity index (χ1v) is 7.54. The summed E-state index contributed by atoms with van der Waals surface area (Å²) < 4.78 is 0. The zero-order chi connectivity index (χ0) is 15.5. The summed E-state index contributed by atoms with van der Waals surface area (Å²) >= 11 is 0. The van der Waals surface area contributed by atoms with Gasteiger partial charge in [-0.2, -0.15) is 0 Å². The molecule has 114 valence electrons. The molecule has 0 saturated carbocycles. The SMILES string of the molecule is CCCC1(C(=O)O)CCN(C(=O)Cc2ccccc2C)C1. The second-order valence-electron chi connectivity index (χ2n) is 6.00. The van der Waals surface area contributed by atoms with E-state index in [4.69, 9.17) is 0 Å². The average molecular weight is 289 g/mol. The van der Waals surface area contributed by atoms with Crippen LogP contribution in [-0.2, 0) is 16.0 Å². The number of carbonyl (C=O) groups excluding carboxylic acids is 1. The highest BCUT2D eigenvalue weighted by Gasteiger charge is 2.45. The molecular formula is C17H23NO3. The molecule has 1 aromatic carbocycles. The average Bonchev–Trinajstić information content (AvgIpc) is 2.87. The normalized spacial score (nSPS) is 21.5. The van der Waals surface area contributed by atoms with Gasteiger partial charge in [-0.25, -0.2) is 0 Å². The van der Waals surface area contributed by atoms with Gasteiger partial charge < -0.3 is 10.0 Å². The molecule has 1 aliphatic heterocycles. The van der Waals surface area contributed by atoms with Gasteiger partial charge >= 0.3 is 5.97 Å². The van der Waals surface area contributed by atoms with Gasteiger partial charge in [-0.05, 0) is 30.9 Å². The number of hydrogen-bond acceptors (Lipinski definition) is 2. The lowest BCUT2D eigenvalue weighted by Crippen LogP contribution is -2.37. The van der Waals surface area contributed by atoms with Crippen molar-refractivity contribution < 1.29 is 14.7 Å². The third kappa shape index (κ3) is 3.26. The lowest BCUT2D eigenvalue weighted by atomic mass is 9.83. The molecule has 1 amide bonds. The van der Waals surface area contributed by atoms with E-state index in [2.05, 4.69) is 0 Å². The third-order valence-electron chi connectivity index (χ3n) is 4.49. The zero-order valence-corrected chi connectivity index (χ0v) is 12.8. The van der Waals surface area contributed by atoms with Crippen molar-refractivity contribution in [1.29, 1.82) is 0 Å². The van der Waals surface area contributed by atoms with Gasteiger partial charge in [-0.1, -0.05) is 37.6 Å². The molecule has 1 aromatic rings. The van der Waals surface area contributed by atoms with Crippen molar-refractivity contribution in [2.45, 2.75) is 39.5 Å². The monoisotopic (exact) mass is 289 g/mol. The maximum atomic E-state index is 12.4. The molecule has 1 N–H and O–H groups in total. The quantitative estimate of drug-likeness (QED) is 0.906. The minimum atomic E-state index is -0.768. The number of benzene rings is 1. The Labute approximate surface area is 125 Å². The van der Waals surface area contributed by atoms with E-state index in [0.717, 1.165) is 17.5 Å².